The van der Waals surface area contributed by atoms with Crippen molar-refractivity contribution in [1.82, 2.24) is 9.62 Å². The van der Waals surface area contributed by atoms with Gasteiger partial charge in [0.2, 0.25) is 10.0 Å². The maximum absolute atomic E-state index is 12.9. The normalized spacial score (nSPS) is 18.9. The van der Waals surface area contributed by atoms with Gasteiger partial charge < -0.3 is 4.90 Å². The third kappa shape index (κ3) is 3.81. The highest BCUT2D eigenvalue weighted by Crippen LogP contribution is 2.32. The molecule has 0 radical (unpaired) electrons. The number of hydrogen-bond acceptors (Lipinski definition) is 3. The number of likely N-dealkylation sites (N-methyl/N-ethyl adjacent to an activating group) is 1. The standard InChI is InChI=1S/C15H23FN2O2S/c1-18(2)15(10-4-3-5-11-15)12-17-21(19,20)14-8-6-13(16)7-9-14/h6-9,17H,3-5,10-12H2,1-2H3. The van der Waals surface area contributed by atoms with E-state index < -0.39 is 15.8 Å². The maximum Gasteiger partial charge on any atom is 0.240 e. The summed E-state index contributed by atoms with van der Waals surface area (Å²) in [5, 5.41) is 0. The molecule has 1 aromatic rings. The van der Waals surface area contributed by atoms with E-state index in [1.54, 1.807) is 0 Å². The molecule has 4 nitrogen and oxygen atoms in total. The van der Waals surface area contributed by atoms with Crippen LogP contribution in [0.4, 0.5) is 4.39 Å². The van der Waals surface area contributed by atoms with Gasteiger partial charge in [0.15, 0.2) is 0 Å². The smallest absolute Gasteiger partial charge is 0.240 e. The Kier molecular flexibility index (Phi) is 5.01. The van der Waals surface area contributed by atoms with E-state index in [0.29, 0.717) is 6.54 Å². The summed E-state index contributed by atoms with van der Waals surface area (Å²) < 4.78 is 40.2. The summed E-state index contributed by atoms with van der Waals surface area (Å²) in [6, 6.07) is 4.91. The van der Waals surface area contributed by atoms with Crippen molar-refractivity contribution in [2.24, 2.45) is 0 Å². The summed E-state index contributed by atoms with van der Waals surface area (Å²) in [5.41, 5.74) is -0.120. The Morgan fingerprint density at radius 2 is 1.71 bits per heavy atom. The van der Waals surface area contributed by atoms with Crippen molar-refractivity contribution in [3.05, 3.63) is 30.1 Å². The lowest BCUT2D eigenvalue weighted by Crippen LogP contribution is -2.53. The molecule has 118 valence electrons. The summed E-state index contributed by atoms with van der Waals surface area (Å²) in [5.74, 6) is -0.439. The lowest BCUT2D eigenvalue weighted by atomic mass is 9.81. The van der Waals surface area contributed by atoms with Gasteiger partial charge >= 0.3 is 0 Å². The van der Waals surface area contributed by atoms with Gasteiger partial charge in [-0.05, 0) is 51.2 Å². The zero-order chi connectivity index (χ0) is 15.5. The van der Waals surface area contributed by atoms with E-state index in [-0.39, 0.29) is 10.4 Å². The van der Waals surface area contributed by atoms with Crippen molar-refractivity contribution < 1.29 is 12.8 Å². The zero-order valence-electron chi connectivity index (χ0n) is 12.6. The van der Waals surface area contributed by atoms with E-state index in [0.717, 1.165) is 37.8 Å². The van der Waals surface area contributed by atoms with E-state index in [1.165, 1.54) is 18.6 Å². The van der Waals surface area contributed by atoms with Gasteiger partial charge in [-0.3, -0.25) is 0 Å². The minimum Gasteiger partial charge on any atom is -0.302 e. The van der Waals surface area contributed by atoms with Crippen molar-refractivity contribution in [2.75, 3.05) is 20.6 Å². The molecule has 1 aliphatic carbocycles. The van der Waals surface area contributed by atoms with E-state index in [1.807, 2.05) is 14.1 Å². The average Bonchev–Trinajstić information content (AvgIpc) is 2.46. The topological polar surface area (TPSA) is 49.4 Å². The molecule has 6 heteroatoms. The van der Waals surface area contributed by atoms with E-state index in [2.05, 4.69) is 9.62 Å². The minimum absolute atomic E-state index is 0.105. The van der Waals surface area contributed by atoms with Crippen LogP contribution in [0.25, 0.3) is 0 Å². The van der Waals surface area contributed by atoms with Gasteiger partial charge in [0, 0.05) is 12.1 Å². The first kappa shape index (κ1) is 16.4. The molecular formula is C15H23FN2O2S. The Morgan fingerprint density at radius 1 is 1.14 bits per heavy atom. The predicted molar refractivity (Wildman–Crippen MR) is 81.1 cm³/mol. The first-order chi connectivity index (χ1) is 9.86. The highest BCUT2D eigenvalue weighted by molar-refractivity contribution is 7.89. The SMILES string of the molecule is CN(C)C1(CNS(=O)(=O)c2ccc(F)cc2)CCCCC1. The Hall–Kier alpha value is -0.980. The predicted octanol–water partition coefficient (Wildman–Crippen LogP) is 2.37. The molecular weight excluding hydrogens is 291 g/mol. The fourth-order valence-electron chi connectivity index (χ4n) is 2.92. The second kappa shape index (κ2) is 6.42. The molecule has 1 N–H and O–H groups in total. The second-order valence-corrected chi connectivity index (χ2v) is 7.72. The van der Waals surface area contributed by atoms with Gasteiger partial charge in [-0.15, -0.1) is 0 Å². The lowest BCUT2D eigenvalue weighted by Gasteiger charge is -2.43. The van der Waals surface area contributed by atoms with Gasteiger partial charge in [0.25, 0.3) is 0 Å². The lowest BCUT2D eigenvalue weighted by molar-refractivity contribution is 0.105. The Balaban J connectivity index is 2.11. The molecule has 1 fully saturated rings. The number of hydrogen-bond donors (Lipinski definition) is 1. The quantitative estimate of drug-likeness (QED) is 0.908. The molecule has 0 saturated heterocycles. The van der Waals surface area contributed by atoms with Crippen molar-refractivity contribution in [3.8, 4) is 0 Å². The van der Waals surface area contributed by atoms with Gasteiger partial charge in [-0.2, -0.15) is 0 Å². The van der Waals surface area contributed by atoms with Gasteiger partial charge in [0.05, 0.1) is 4.90 Å². The highest BCUT2D eigenvalue weighted by Gasteiger charge is 2.35. The molecule has 1 saturated carbocycles. The highest BCUT2D eigenvalue weighted by atomic mass is 32.2. The Bertz CT molecular complexity index is 564. The fourth-order valence-corrected chi connectivity index (χ4v) is 4.04. The maximum atomic E-state index is 12.9. The van der Waals surface area contributed by atoms with Crippen LogP contribution in [0, 0.1) is 5.82 Å². The van der Waals surface area contributed by atoms with Crippen LogP contribution in [0.5, 0.6) is 0 Å². The summed E-state index contributed by atoms with van der Waals surface area (Å²) in [6.07, 6.45) is 5.44. The van der Waals surface area contributed by atoms with Crippen LogP contribution in [0.3, 0.4) is 0 Å². The zero-order valence-corrected chi connectivity index (χ0v) is 13.4. The van der Waals surface area contributed by atoms with Crippen LogP contribution >= 0.6 is 0 Å². The molecule has 0 bridgehead atoms. The first-order valence-corrected chi connectivity index (χ1v) is 8.77. The number of halogens is 1. The number of rotatable bonds is 5. The number of nitrogens with zero attached hydrogens (tertiary/aromatic N) is 1. The molecule has 0 aliphatic heterocycles. The third-order valence-electron chi connectivity index (χ3n) is 4.45. The third-order valence-corrected chi connectivity index (χ3v) is 5.87. The summed E-state index contributed by atoms with van der Waals surface area (Å²) in [4.78, 5) is 2.23. The van der Waals surface area contributed by atoms with Crippen LogP contribution in [0.2, 0.25) is 0 Å². The number of nitrogens with one attached hydrogen (secondary N) is 1. The van der Waals surface area contributed by atoms with Crippen molar-refractivity contribution in [1.29, 1.82) is 0 Å². The summed E-state index contributed by atoms with van der Waals surface area (Å²) in [6.45, 7) is 0.389. The van der Waals surface area contributed by atoms with Gasteiger partial charge in [-0.25, -0.2) is 17.5 Å². The van der Waals surface area contributed by atoms with Crippen LogP contribution in [0.1, 0.15) is 32.1 Å². The van der Waals surface area contributed by atoms with E-state index in [4.69, 9.17) is 0 Å². The second-order valence-electron chi connectivity index (χ2n) is 5.96. The molecule has 21 heavy (non-hydrogen) atoms. The Labute approximate surface area is 126 Å². The summed E-state index contributed by atoms with van der Waals surface area (Å²) in [7, 11) is 0.404. The molecule has 0 atom stereocenters. The molecule has 1 aliphatic rings. The summed E-state index contributed by atoms with van der Waals surface area (Å²) >= 11 is 0. The van der Waals surface area contributed by atoms with Gasteiger partial charge in [-0.1, -0.05) is 19.3 Å². The minimum atomic E-state index is -3.59. The monoisotopic (exact) mass is 314 g/mol. The number of sulfonamides is 1. The van der Waals surface area contributed by atoms with Crippen LogP contribution < -0.4 is 4.72 Å². The largest absolute Gasteiger partial charge is 0.302 e. The Morgan fingerprint density at radius 3 is 2.24 bits per heavy atom. The average molecular weight is 314 g/mol. The molecule has 2 rings (SSSR count). The van der Waals surface area contributed by atoms with E-state index >= 15 is 0 Å². The van der Waals surface area contributed by atoms with Crippen molar-refractivity contribution in [3.63, 3.8) is 0 Å². The van der Waals surface area contributed by atoms with Crippen LogP contribution in [-0.4, -0.2) is 39.5 Å². The molecule has 1 aromatic carbocycles. The molecule has 0 aromatic heterocycles. The van der Waals surface area contributed by atoms with Crippen molar-refractivity contribution in [2.45, 2.75) is 42.5 Å². The first-order valence-electron chi connectivity index (χ1n) is 7.28. The van der Waals surface area contributed by atoms with Gasteiger partial charge in [0.1, 0.15) is 5.82 Å². The van der Waals surface area contributed by atoms with Crippen LogP contribution in [0.15, 0.2) is 29.2 Å². The van der Waals surface area contributed by atoms with Crippen molar-refractivity contribution >= 4 is 10.0 Å². The fraction of sp³-hybridized carbons (Fsp3) is 0.600. The molecule has 0 unspecified atom stereocenters. The molecule has 0 amide bonds. The van der Waals surface area contributed by atoms with E-state index in [9.17, 15) is 12.8 Å². The number of benzene rings is 1. The molecule has 0 heterocycles. The molecule has 0 spiro atoms. The van der Waals surface area contributed by atoms with Crippen LogP contribution in [-0.2, 0) is 10.0 Å².